The Morgan fingerprint density at radius 1 is 1.06 bits per heavy atom. The van der Waals surface area contributed by atoms with Gasteiger partial charge in [-0.05, 0) is 67.9 Å². The van der Waals surface area contributed by atoms with Crippen molar-refractivity contribution in [2.45, 2.75) is 108 Å². The van der Waals surface area contributed by atoms with Crippen molar-refractivity contribution in [3.63, 3.8) is 0 Å². The Bertz CT molecular complexity index is 2590. The average molecular weight is 915 g/mol. The Kier molecular flexibility index (Phi) is 12.1. The number of aromatic nitrogens is 2. The fraction of sp³-hybridized carbons (Fsp3) is 0.477. The summed E-state index contributed by atoms with van der Waals surface area (Å²) in [5.41, 5.74) is -1.70. The Hall–Kier alpha value is -5.30. The zero-order valence-electron chi connectivity index (χ0n) is 35.9. The zero-order chi connectivity index (χ0) is 46.0. The number of alkyl halides is 3. The maximum atomic E-state index is 14.9. The number of hydrogen-bond acceptors (Lipinski definition) is 11. The molecule has 3 N–H and O–H groups in total. The molecule has 19 heteroatoms. The van der Waals surface area contributed by atoms with Gasteiger partial charge < -0.3 is 25.0 Å². The van der Waals surface area contributed by atoms with Gasteiger partial charge in [0, 0.05) is 40.4 Å². The summed E-state index contributed by atoms with van der Waals surface area (Å²) < 4.78 is 95.8. The number of halogens is 4. The van der Waals surface area contributed by atoms with Crippen LogP contribution in [0.4, 0.5) is 23.2 Å². The first-order chi connectivity index (χ1) is 29.5. The first kappa shape index (κ1) is 45.7. The second kappa shape index (κ2) is 16.7. The summed E-state index contributed by atoms with van der Waals surface area (Å²) in [5, 5.41) is 8.11. The van der Waals surface area contributed by atoms with Crippen LogP contribution in [0.25, 0.3) is 21.6 Å². The van der Waals surface area contributed by atoms with E-state index in [0.717, 1.165) is 17.3 Å². The van der Waals surface area contributed by atoms with E-state index in [1.807, 2.05) is 26.2 Å². The van der Waals surface area contributed by atoms with Crippen molar-refractivity contribution >= 4 is 55.7 Å². The highest BCUT2D eigenvalue weighted by atomic mass is 32.2. The van der Waals surface area contributed by atoms with Crippen LogP contribution < -0.4 is 24.8 Å². The number of nitrogens with one attached hydrogen (secondary N) is 3. The maximum Gasteiger partial charge on any atom is 0.419 e. The molecule has 7 rings (SSSR count). The summed E-state index contributed by atoms with van der Waals surface area (Å²) in [7, 11) is -2.45. The Labute approximate surface area is 367 Å². The predicted octanol–water partition coefficient (Wildman–Crippen LogP) is 7.50. The minimum atomic E-state index is -5.02. The number of aryl methyl sites for hydroxylation is 1. The molecule has 2 aromatic carbocycles. The van der Waals surface area contributed by atoms with E-state index >= 15 is 0 Å². The normalized spacial score (nSPS) is 21.8. The van der Waals surface area contributed by atoms with Crippen molar-refractivity contribution in [1.82, 2.24) is 24.9 Å². The number of likely N-dealkylation sites (tertiary alicyclic amines) is 1. The number of pyridine rings is 1. The second-order valence-electron chi connectivity index (χ2n) is 17.8. The van der Waals surface area contributed by atoms with Crippen molar-refractivity contribution in [3.05, 3.63) is 77.1 Å². The number of anilines is 1. The number of carbonyl (C=O) groups excluding carboxylic acids is 3. The van der Waals surface area contributed by atoms with Gasteiger partial charge in [-0.1, -0.05) is 40.7 Å². The predicted molar refractivity (Wildman–Crippen MR) is 230 cm³/mol. The van der Waals surface area contributed by atoms with Gasteiger partial charge in [-0.15, -0.1) is 17.9 Å². The van der Waals surface area contributed by atoms with Crippen molar-refractivity contribution < 1.29 is 49.8 Å². The Morgan fingerprint density at radius 3 is 2.37 bits per heavy atom. The van der Waals surface area contributed by atoms with Gasteiger partial charge in [0.1, 0.15) is 51.7 Å². The fourth-order valence-electron chi connectivity index (χ4n) is 7.86. The van der Waals surface area contributed by atoms with E-state index in [-0.39, 0.29) is 31.0 Å². The molecule has 3 heterocycles. The molecule has 0 bridgehead atoms. The molecule has 1 aliphatic heterocycles. The third-order valence-corrected chi connectivity index (χ3v) is 14.5. The third-order valence-electron chi connectivity index (χ3n) is 11.8. The molecule has 2 aromatic heterocycles. The molecular weight excluding hydrogens is 865 g/mol. The molecule has 4 aromatic rings. The topological polar surface area (TPSA) is 169 Å². The standard InChI is InChI=1S/C44H50F4N6O7S2/c1-9-24-19-43(24,41(57)53-63(58,59)27-11-12-27)52-38(55)33-17-26(20-54(33)40(56)37(42(5,6)7)49-25-10-14-30(45)29(16-25)44(46,47)48)61-35-18-31(39-51-32(21-62-39)22(2)3)50-36-23(4)34(60-8)15-13-28(35)36/h9-10,13-16,18,21-22,24,26-27,33,37,49H,1,11-12,17,19-20H2,2-8H3,(H,52,55)(H,53,57)/t24-,26-,33+,37-,43-/m1/s1. The molecule has 63 heavy (non-hydrogen) atoms. The van der Waals surface area contributed by atoms with E-state index in [2.05, 4.69) is 21.9 Å². The highest BCUT2D eigenvalue weighted by Gasteiger charge is 2.62. The molecule has 0 unspecified atom stereocenters. The van der Waals surface area contributed by atoms with E-state index in [1.165, 1.54) is 22.3 Å². The van der Waals surface area contributed by atoms with E-state index in [0.29, 0.717) is 58.1 Å². The molecule has 5 atom stereocenters. The van der Waals surface area contributed by atoms with Crippen LogP contribution in [0, 0.1) is 24.1 Å². The molecule has 13 nitrogen and oxygen atoms in total. The summed E-state index contributed by atoms with van der Waals surface area (Å²) >= 11 is 1.41. The zero-order valence-corrected chi connectivity index (χ0v) is 37.5. The van der Waals surface area contributed by atoms with Crippen LogP contribution in [0.1, 0.15) is 83.0 Å². The van der Waals surface area contributed by atoms with Crippen LogP contribution in [0.5, 0.6) is 11.5 Å². The van der Waals surface area contributed by atoms with E-state index < -0.39 is 85.6 Å². The molecule has 0 spiro atoms. The van der Waals surface area contributed by atoms with Crippen molar-refractivity contribution in [2.24, 2.45) is 11.3 Å². The van der Waals surface area contributed by atoms with Crippen molar-refractivity contribution in [2.75, 3.05) is 19.0 Å². The number of nitrogens with zero attached hydrogens (tertiary/aromatic N) is 3. The van der Waals surface area contributed by atoms with Crippen molar-refractivity contribution in [3.8, 4) is 22.2 Å². The number of benzene rings is 2. The van der Waals surface area contributed by atoms with Crippen LogP contribution in [-0.4, -0.2) is 83.6 Å². The second-order valence-corrected chi connectivity index (χ2v) is 20.6. The highest BCUT2D eigenvalue weighted by molar-refractivity contribution is 7.91. The number of ether oxygens (including phenoxy) is 2. The lowest BCUT2D eigenvalue weighted by atomic mass is 9.85. The monoisotopic (exact) mass is 914 g/mol. The van der Waals surface area contributed by atoms with Gasteiger partial charge >= 0.3 is 6.18 Å². The van der Waals surface area contributed by atoms with Gasteiger partial charge in [0.15, 0.2) is 0 Å². The maximum absolute atomic E-state index is 14.9. The molecule has 2 saturated carbocycles. The Morgan fingerprint density at radius 2 is 1.78 bits per heavy atom. The van der Waals surface area contributed by atoms with Crippen LogP contribution in [0.15, 0.2) is 54.4 Å². The van der Waals surface area contributed by atoms with Gasteiger partial charge in [0.2, 0.25) is 21.8 Å². The number of amides is 3. The molecule has 2 aliphatic carbocycles. The summed E-state index contributed by atoms with van der Waals surface area (Å²) in [6.07, 6.45) is -3.70. The number of rotatable bonds is 14. The van der Waals surface area contributed by atoms with E-state index in [1.54, 1.807) is 46.1 Å². The fourth-order valence-corrected chi connectivity index (χ4v) is 10.2. The largest absolute Gasteiger partial charge is 0.496 e. The summed E-state index contributed by atoms with van der Waals surface area (Å²) in [6, 6.07) is 5.03. The number of fused-ring (bicyclic) bond motifs is 1. The average Bonchev–Trinajstić information content (AvgIpc) is 4.09. The number of hydrogen-bond donors (Lipinski definition) is 3. The minimum absolute atomic E-state index is 0.0526. The first-order valence-corrected chi connectivity index (χ1v) is 22.9. The van der Waals surface area contributed by atoms with Gasteiger partial charge in [0.05, 0.1) is 35.7 Å². The minimum Gasteiger partial charge on any atom is -0.496 e. The van der Waals surface area contributed by atoms with Crippen LogP contribution in [0.3, 0.4) is 0 Å². The van der Waals surface area contributed by atoms with Crippen molar-refractivity contribution in [1.29, 1.82) is 0 Å². The van der Waals surface area contributed by atoms with Gasteiger partial charge in [-0.25, -0.2) is 22.8 Å². The Balaban J connectivity index is 1.26. The van der Waals surface area contributed by atoms with Crippen LogP contribution in [0.2, 0.25) is 0 Å². The summed E-state index contributed by atoms with van der Waals surface area (Å²) in [4.78, 5) is 54.2. The molecule has 338 valence electrons. The molecule has 1 saturated heterocycles. The third kappa shape index (κ3) is 9.21. The number of thiazole rings is 1. The number of methoxy groups -OCH3 is 1. The van der Waals surface area contributed by atoms with Gasteiger partial charge in [-0.2, -0.15) is 13.2 Å². The lowest BCUT2D eigenvalue weighted by Gasteiger charge is -2.36. The van der Waals surface area contributed by atoms with E-state index in [9.17, 15) is 40.4 Å². The van der Waals surface area contributed by atoms with Crippen LogP contribution >= 0.6 is 11.3 Å². The SMILES string of the molecule is C=C[C@@H]1C[C@]1(NC(=O)[C@@H]1C[C@@H](Oc2cc(-c3nc(C(C)C)cs3)nc3c(C)c(OC)ccc23)CN1C(=O)[C@@H](Nc1ccc(F)c(C(F)(F)F)c1)C(C)(C)C)C(=O)NS(=O)(=O)C1CC1. The quantitative estimate of drug-likeness (QED) is 0.0851. The highest BCUT2D eigenvalue weighted by Crippen LogP contribution is 2.46. The lowest BCUT2D eigenvalue weighted by Crippen LogP contribution is -2.58. The smallest absolute Gasteiger partial charge is 0.419 e. The van der Waals surface area contributed by atoms with Gasteiger partial charge in [0.25, 0.3) is 5.91 Å². The molecule has 3 fully saturated rings. The molecule has 0 radical (unpaired) electrons. The van der Waals surface area contributed by atoms with Gasteiger partial charge in [-0.3, -0.25) is 19.1 Å². The molecule has 3 amide bonds. The summed E-state index contributed by atoms with van der Waals surface area (Å²) in [6.45, 7) is 14.5. The molecular formula is C44H50F4N6O7S2. The van der Waals surface area contributed by atoms with Crippen LogP contribution in [-0.2, 0) is 30.6 Å². The molecule has 3 aliphatic rings. The number of sulfonamides is 1. The van der Waals surface area contributed by atoms with E-state index in [4.69, 9.17) is 19.4 Å². The first-order valence-electron chi connectivity index (χ1n) is 20.5. The lowest BCUT2D eigenvalue weighted by molar-refractivity contribution is -0.141. The number of carbonyl (C=O) groups is 3. The summed E-state index contributed by atoms with van der Waals surface area (Å²) in [5.74, 6) is -3.40.